The summed E-state index contributed by atoms with van der Waals surface area (Å²) >= 11 is 0. The zero-order chi connectivity index (χ0) is 12.4. The molecule has 0 unspecified atom stereocenters. The van der Waals surface area contributed by atoms with Gasteiger partial charge >= 0.3 is 0 Å². The Kier molecular flexibility index (Phi) is 8.21. The van der Waals surface area contributed by atoms with E-state index in [4.69, 9.17) is 0 Å². The van der Waals surface area contributed by atoms with Crippen molar-refractivity contribution in [3.05, 3.63) is 0 Å². The molecule has 0 heterocycles. The molecule has 0 aromatic carbocycles. The SMILES string of the molecule is CCCCNC(=O)CNC(CC)(CC)CO. The first kappa shape index (κ1) is 15.4. The Balaban J connectivity index is 3.87. The van der Waals surface area contributed by atoms with Crippen molar-refractivity contribution in [3.63, 3.8) is 0 Å². The minimum absolute atomic E-state index is 0.00757. The van der Waals surface area contributed by atoms with E-state index in [0.29, 0.717) is 0 Å². The van der Waals surface area contributed by atoms with Crippen molar-refractivity contribution < 1.29 is 9.90 Å². The van der Waals surface area contributed by atoms with E-state index in [0.717, 1.165) is 32.2 Å². The molecule has 0 aliphatic rings. The zero-order valence-corrected chi connectivity index (χ0v) is 10.8. The molecule has 0 spiro atoms. The van der Waals surface area contributed by atoms with Gasteiger partial charge in [0.15, 0.2) is 0 Å². The summed E-state index contributed by atoms with van der Waals surface area (Å²) in [6.07, 6.45) is 3.74. The van der Waals surface area contributed by atoms with Gasteiger partial charge in [0, 0.05) is 12.1 Å². The van der Waals surface area contributed by atoms with E-state index in [-0.39, 0.29) is 24.6 Å². The fourth-order valence-electron chi connectivity index (χ4n) is 1.51. The van der Waals surface area contributed by atoms with Gasteiger partial charge in [-0.2, -0.15) is 0 Å². The van der Waals surface area contributed by atoms with Gasteiger partial charge in [0.05, 0.1) is 13.2 Å². The summed E-state index contributed by atoms with van der Waals surface area (Å²) in [4.78, 5) is 11.5. The molecule has 0 aliphatic carbocycles. The minimum atomic E-state index is -0.303. The molecule has 0 aromatic rings. The van der Waals surface area contributed by atoms with E-state index in [1.807, 2.05) is 13.8 Å². The molecule has 3 N–H and O–H groups in total. The van der Waals surface area contributed by atoms with Crippen molar-refractivity contribution in [2.45, 2.75) is 52.0 Å². The number of rotatable bonds is 9. The summed E-state index contributed by atoms with van der Waals surface area (Å²) in [7, 11) is 0. The molecule has 0 saturated carbocycles. The lowest BCUT2D eigenvalue weighted by Crippen LogP contribution is -2.51. The number of nitrogens with one attached hydrogen (secondary N) is 2. The summed E-state index contributed by atoms with van der Waals surface area (Å²) in [6, 6.07) is 0. The number of unbranched alkanes of at least 4 members (excludes halogenated alkanes) is 1. The van der Waals surface area contributed by atoms with E-state index in [2.05, 4.69) is 17.6 Å². The maximum absolute atomic E-state index is 11.5. The number of amides is 1. The number of hydrogen-bond donors (Lipinski definition) is 3. The van der Waals surface area contributed by atoms with E-state index in [1.165, 1.54) is 0 Å². The van der Waals surface area contributed by atoms with Gasteiger partial charge in [-0.15, -0.1) is 0 Å². The van der Waals surface area contributed by atoms with E-state index in [1.54, 1.807) is 0 Å². The van der Waals surface area contributed by atoms with E-state index < -0.39 is 0 Å². The third-order valence-corrected chi connectivity index (χ3v) is 3.13. The minimum Gasteiger partial charge on any atom is -0.394 e. The van der Waals surface area contributed by atoms with Gasteiger partial charge in [0.1, 0.15) is 0 Å². The van der Waals surface area contributed by atoms with Crippen molar-refractivity contribution in [1.82, 2.24) is 10.6 Å². The van der Waals surface area contributed by atoms with Crippen LogP contribution in [0.15, 0.2) is 0 Å². The largest absolute Gasteiger partial charge is 0.394 e. The Morgan fingerprint density at radius 3 is 2.31 bits per heavy atom. The zero-order valence-electron chi connectivity index (χ0n) is 10.8. The summed E-state index contributed by atoms with van der Waals surface area (Å²) in [5.41, 5.74) is -0.303. The van der Waals surface area contributed by atoms with Crippen molar-refractivity contribution in [2.75, 3.05) is 19.7 Å². The number of carbonyl (C=O) groups excluding carboxylic acids is 1. The highest BCUT2D eigenvalue weighted by atomic mass is 16.3. The number of carbonyl (C=O) groups is 1. The predicted molar refractivity (Wildman–Crippen MR) is 66.3 cm³/mol. The fraction of sp³-hybridized carbons (Fsp3) is 0.917. The molecule has 16 heavy (non-hydrogen) atoms. The summed E-state index contributed by atoms with van der Waals surface area (Å²) < 4.78 is 0. The topological polar surface area (TPSA) is 61.4 Å². The molecular weight excluding hydrogens is 204 g/mol. The second kappa shape index (κ2) is 8.53. The van der Waals surface area contributed by atoms with Crippen LogP contribution in [0.25, 0.3) is 0 Å². The standard InChI is InChI=1S/C12H26N2O2/c1-4-7-8-13-11(16)9-14-12(5-2,6-3)10-15/h14-15H,4-10H2,1-3H3,(H,13,16). The van der Waals surface area contributed by atoms with Crippen LogP contribution in [-0.2, 0) is 4.79 Å². The van der Waals surface area contributed by atoms with Gasteiger partial charge < -0.3 is 15.7 Å². The normalized spacial score (nSPS) is 11.5. The average molecular weight is 230 g/mol. The van der Waals surface area contributed by atoms with Crippen LogP contribution in [-0.4, -0.2) is 36.2 Å². The Morgan fingerprint density at radius 2 is 1.88 bits per heavy atom. The Morgan fingerprint density at radius 1 is 1.25 bits per heavy atom. The van der Waals surface area contributed by atoms with Crippen molar-refractivity contribution in [3.8, 4) is 0 Å². The molecule has 0 aliphatic heterocycles. The maximum atomic E-state index is 11.5. The Labute approximate surface area is 98.8 Å². The third kappa shape index (κ3) is 5.47. The maximum Gasteiger partial charge on any atom is 0.233 e. The second-order valence-electron chi connectivity index (χ2n) is 4.20. The van der Waals surface area contributed by atoms with Crippen LogP contribution >= 0.6 is 0 Å². The summed E-state index contributed by atoms with van der Waals surface area (Å²) in [5, 5.41) is 15.3. The molecule has 0 bridgehead atoms. The highest BCUT2D eigenvalue weighted by molar-refractivity contribution is 5.78. The molecule has 4 heteroatoms. The van der Waals surface area contributed by atoms with Crippen LogP contribution in [0, 0.1) is 0 Å². The molecule has 0 radical (unpaired) electrons. The summed E-state index contributed by atoms with van der Waals surface area (Å²) in [6.45, 7) is 7.22. The lowest BCUT2D eigenvalue weighted by Gasteiger charge is -2.30. The van der Waals surface area contributed by atoms with Crippen LogP contribution in [0.2, 0.25) is 0 Å². The highest BCUT2D eigenvalue weighted by Crippen LogP contribution is 2.13. The molecule has 4 nitrogen and oxygen atoms in total. The quantitative estimate of drug-likeness (QED) is 0.519. The van der Waals surface area contributed by atoms with Crippen molar-refractivity contribution in [2.24, 2.45) is 0 Å². The van der Waals surface area contributed by atoms with Crippen LogP contribution in [0.3, 0.4) is 0 Å². The molecule has 0 saturated heterocycles. The lowest BCUT2D eigenvalue weighted by molar-refractivity contribution is -0.120. The van der Waals surface area contributed by atoms with E-state index >= 15 is 0 Å². The van der Waals surface area contributed by atoms with Crippen LogP contribution < -0.4 is 10.6 Å². The fourth-order valence-corrected chi connectivity index (χ4v) is 1.51. The number of aliphatic hydroxyl groups is 1. The highest BCUT2D eigenvalue weighted by Gasteiger charge is 2.24. The predicted octanol–water partition coefficient (Wildman–Crippen LogP) is 1.04. The second-order valence-corrected chi connectivity index (χ2v) is 4.20. The van der Waals surface area contributed by atoms with Gasteiger partial charge in [-0.3, -0.25) is 4.79 Å². The number of aliphatic hydroxyl groups excluding tert-OH is 1. The van der Waals surface area contributed by atoms with Gasteiger partial charge in [-0.25, -0.2) is 0 Å². The molecule has 0 atom stereocenters. The average Bonchev–Trinajstić information content (AvgIpc) is 2.32. The van der Waals surface area contributed by atoms with Crippen LogP contribution in [0.5, 0.6) is 0 Å². The first-order valence-electron chi connectivity index (χ1n) is 6.26. The Bertz CT molecular complexity index is 183. The van der Waals surface area contributed by atoms with E-state index in [9.17, 15) is 9.90 Å². The molecule has 0 rings (SSSR count). The van der Waals surface area contributed by atoms with Gasteiger partial charge in [0.2, 0.25) is 5.91 Å². The third-order valence-electron chi connectivity index (χ3n) is 3.13. The van der Waals surface area contributed by atoms with Crippen molar-refractivity contribution >= 4 is 5.91 Å². The molecule has 1 amide bonds. The monoisotopic (exact) mass is 230 g/mol. The van der Waals surface area contributed by atoms with Crippen LogP contribution in [0.4, 0.5) is 0 Å². The number of hydrogen-bond acceptors (Lipinski definition) is 3. The first-order valence-corrected chi connectivity index (χ1v) is 6.26. The molecular formula is C12H26N2O2. The smallest absolute Gasteiger partial charge is 0.233 e. The first-order chi connectivity index (χ1) is 7.64. The molecule has 0 fully saturated rings. The molecule has 0 aromatic heterocycles. The summed E-state index contributed by atoms with van der Waals surface area (Å²) in [5.74, 6) is 0.00757. The Hall–Kier alpha value is -0.610. The van der Waals surface area contributed by atoms with Gasteiger partial charge in [-0.05, 0) is 19.3 Å². The van der Waals surface area contributed by atoms with Gasteiger partial charge in [-0.1, -0.05) is 27.2 Å². The van der Waals surface area contributed by atoms with Crippen molar-refractivity contribution in [1.29, 1.82) is 0 Å². The molecule has 96 valence electrons. The van der Waals surface area contributed by atoms with Gasteiger partial charge in [0.25, 0.3) is 0 Å². The van der Waals surface area contributed by atoms with Crippen LogP contribution in [0.1, 0.15) is 46.5 Å². The lowest BCUT2D eigenvalue weighted by atomic mass is 9.94.